The van der Waals surface area contributed by atoms with Crippen LogP contribution in [0.3, 0.4) is 0 Å². The van der Waals surface area contributed by atoms with E-state index >= 15 is 0 Å². The van der Waals surface area contributed by atoms with Crippen molar-refractivity contribution in [3.63, 3.8) is 0 Å². The van der Waals surface area contributed by atoms with Crippen molar-refractivity contribution in [3.05, 3.63) is 33.9 Å². The Labute approximate surface area is 161 Å². The van der Waals surface area contributed by atoms with Gasteiger partial charge in [-0.1, -0.05) is 13.3 Å². The molecule has 1 heterocycles. The second-order valence-corrected chi connectivity index (χ2v) is 8.29. The Morgan fingerprint density at radius 3 is 2.33 bits per heavy atom. The summed E-state index contributed by atoms with van der Waals surface area (Å²) in [6.07, 6.45) is 4.33. The lowest BCUT2D eigenvalue weighted by molar-refractivity contribution is -0.132. The molecule has 1 saturated carbocycles. The van der Waals surface area contributed by atoms with Gasteiger partial charge in [-0.25, -0.2) is 4.79 Å². The van der Waals surface area contributed by atoms with E-state index in [9.17, 15) is 14.4 Å². The largest absolute Gasteiger partial charge is 0.325 e. The zero-order chi connectivity index (χ0) is 19.9. The molecule has 1 aromatic carbocycles. The first-order chi connectivity index (χ1) is 12.7. The first kappa shape index (κ1) is 19.6. The van der Waals surface area contributed by atoms with Gasteiger partial charge in [0.05, 0.1) is 6.54 Å². The highest BCUT2D eigenvalue weighted by atomic mass is 16.2. The molecule has 146 valence electrons. The van der Waals surface area contributed by atoms with Crippen molar-refractivity contribution >= 4 is 17.7 Å². The molecule has 27 heavy (non-hydrogen) atoms. The van der Waals surface area contributed by atoms with E-state index < -0.39 is 11.6 Å². The number of carbonyl (C=O) groups excluding carboxylic acids is 3. The number of nitrogens with one attached hydrogen (secondary N) is 1. The number of aryl methyl sites for hydroxylation is 1. The topological polar surface area (TPSA) is 66.5 Å². The number of benzene rings is 1. The minimum Gasteiger partial charge on any atom is -0.323 e. The number of Topliss-reactive ketones (excluding diaryl/α,β-unsaturated/α-hetero) is 1. The van der Waals surface area contributed by atoms with E-state index in [0.29, 0.717) is 24.3 Å². The fraction of sp³-hybridized carbons (Fsp3) is 0.591. The lowest BCUT2D eigenvalue weighted by Crippen LogP contribution is -2.49. The van der Waals surface area contributed by atoms with Gasteiger partial charge in [-0.3, -0.25) is 14.5 Å². The number of rotatable bonds is 4. The summed E-state index contributed by atoms with van der Waals surface area (Å²) in [7, 11) is 0. The van der Waals surface area contributed by atoms with Crippen molar-refractivity contribution in [2.75, 3.05) is 6.54 Å². The van der Waals surface area contributed by atoms with E-state index in [-0.39, 0.29) is 18.2 Å². The second-order valence-electron chi connectivity index (χ2n) is 8.29. The SMILES string of the molecule is CCC1CCC2(CC1)NC(=O)N(CC(=O)c1cc(C)c(C)c(C)c1C)C2=O. The average Bonchev–Trinajstić information content (AvgIpc) is 2.87. The summed E-state index contributed by atoms with van der Waals surface area (Å²) in [6.45, 7) is 9.92. The van der Waals surface area contributed by atoms with E-state index in [4.69, 9.17) is 0 Å². The van der Waals surface area contributed by atoms with Crippen molar-refractivity contribution in [2.24, 2.45) is 5.92 Å². The van der Waals surface area contributed by atoms with Gasteiger partial charge in [-0.05, 0) is 87.6 Å². The van der Waals surface area contributed by atoms with Crippen LogP contribution in [0.4, 0.5) is 4.79 Å². The molecule has 3 rings (SSSR count). The molecule has 1 aromatic rings. The monoisotopic (exact) mass is 370 g/mol. The molecular weight excluding hydrogens is 340 g/mol. The normalized spacial score (nSPS) is 25.2. The first-order valence-corrected chi connectivity index (χ1v) is 9.95. The zero-order valence-corrected chi connectivity index (χ0v) is 17.1. The highest BCUT2D eigenvalue weighted by Gasteiger charge is 2.52. The number of hydrogen-bond acceptors (Lipinski definition) is 3. The van der Waals surface area contributed by atoms with Crippen LogP contribution in [-0.4, -0.2) is 34.7 Å². The minimum absolute atomic E-state index is 0.179. The number of urea groups is 1. The molecule has 2 aliphatic rings. The van der Waals surface area contributed by atoms with Crippen molar-refractivity contribution < 1.29 is 14.4 Å². The van der Waals surface area contributed by atoms with Crippen LogP contribution in [0, 0.1) is 33.6 Å². The maximum atomic E-state index is 13.0. The van der Waals surface area contributed by atoms with Crippen molar-refractivity contribution in [1.82, 2.24) is 10.2 Å². The fourth-order valence-corrected chi connectivity index (χ4v) is 4.47. The van der Waals surface area contributed by atoms with Crippen LogP contribution in [0.5, 0.6) is 0 Å². The average molecular weight is 370 g/mol. The van der Waals surface area contributed by atoms with Gasteiger partial charge in [0.15, 0.2) is 5.78 Å². The summed E-state index contributed by atoms with van der Waals surface area (Å²) in [4.78, 5) is 39.6. The van der Waals surface area contributed by atoms with Gasteiger partial charge < -0.3 is 5.32 Å². The Hall–Kier alpha value is -2.17. The molecule has 0 atom stereocenters. The Bertz CT molecular complexity index is 804. The van der Waals surface area contributed by atoms with Gasteiger partial charge in [-0.2, -0.15) is 0 Å². The molecule has 5 heteroatoms. The van der Waals surface area contributed by atoms with Crippen LogP contribution in [0.1, 0.15) is 71.6 Å². The third-order valence-corrected chi connectivity index (χ3v) is 6.87. The smallest absolute Gasteiger partial charge is 0.323 e. The van der Waals surface area contributed by atoms with Crippen LogP contribution < -0.4 is 5.32 Å². The molecule has 0 unspecified atom stereocenters. The predicted octanol–water partition coefficient (Wildman–Crippen LogP) is 3.99. The fourth-order valence-electron chi connectivity index (χ4n) is 4.47. The molecular formula is C22H30N2O3. The van der Waals surface area contributed by atoms with Crippen LogP contribution in [0.2, 0.25) is 0 Å². The number of hydrogen-bond donors (Lipinski definition) is 1. The summed E-state index contributed by atoms with van der Waals surface area (Å²) in [5.41, 5.74) is 4.04. The molecule has 2 fully saturated rings. The summed E-state index contributed by atoms with van der Waals surface area (Å²) < 4.78 is 0. The van der Waals surface area contributed by atoms with Crippen molar-refractivity contribution in [1.29, 1.82) is 0 Å². The van der Waals surface area contributed by atoms with Crippen molar-refractivity contribution in [3.8, 4) is 0 Å². The molecule has 0 radical (unpaired) electrons. The molecule has 1 N–H and O–H groups in total. The van der Waals surface area contributed by atoms with E-state index in [0.717, 1.165) is 40.9 Å². The maximum absolute atomic E-state index is 13.0. The van der Waals surface area contributed by atoms with E-state index in [1.165, 1.54) is 5.56 Å². The standard InChI is InChI=1S/C22H30N2O3/c1-6-17-7-9-22(10-8-17)20(26)24(21(27)23-22)12-19(25)18-11-13(2)14(3)15(4)16(18)5/h11,17H,6-10,12H2,1-5H3,(H,23,27). The summed E-state index contributed by atoms with van der Waals surface area (Å²) in [6, 6.07) is 1.45. The molecule has 1 saturated heterocycles. The molecule has 1 aliphatic carbocycles. The Morgan fingerprint density at radius 2 is 1.74 bits per heavy atom. The predicted molar refractivity (Wildman–Crippen MR) is 105 cm³/mol. The Kier molecular flexibility index (Phi) is 5.15. The van der Waals surface area contributed by atoms with Gasteiger partial charge in [0.2, 0.25) is 0 Å². The van der Waals surface area contributed by atoms with Gasteiger partial charge in [-0.15, -0.1) is 0 Å². The summed E-state index contributed by atoms with van der Waals surface area (Å²) in [5.74, 6) is 0.215. The van der Waals surface area contributed by atoms with Crippen LogP contribution in [0.15, 0.2) is 6.07 Å². The molecule has 3 amide bonds. The molecule has 0 aromatic heterocycles. The molecule has 1 aliphatic heterocycles. The highest BCUT2D eigenvalue weighted by molar-refractivity contribution is 6.11. The molecule has 5 nitrogen and oxygen atoms in total. The maximum Gasteiger partial charge on any atom is 0.325 e. The minimum atomic E-state index is -0.794. The van der Waals surface area contributed by atoms with E-state index in [2.05, 4.69) is 12.2 Å². The van der Waals surface area contributed by atoms with Gasteiger partial charge >= 0.3 is 6.03 Å². The first-order valence-electron chi connectivity index (χ1n) is 9.95. The third-order valence-electron chi connectivity index (χ3n) is 6.87. The summed E-state index contributed by atoms with van der Waals surface area (Å²) in [5, 5.41) is 2.90. The lowest BCUT2D eigenvalue weighted by Gasteiger charge is -2.34. The Morgan fingerprint density at radius 1 is 1.11 bits per heavy atom. The number of carbonyl (C=O) groups is 3. The number of imide groups is 1. The van der Waals surface area contributed by atoms with E-state index in [1.807, 2.05) is 33.8 Å². The van der Waals surface area contributed by atoms with Crippen LogP contribution >= 0.6 is 0 Å². The second kappa shape index (κ2) is 7.10. The van der Waals surface area contributed by atoms with Crippen LogP contribution in [-0.2, 0) is 4.79 Å². The van der Waals surface area contributed by atoms with Crippen LogP contribution in [0.25, 0.3) is 0 Å². The molecule has 1 spiro atoms. The van der Waals surface area contributed by atoms with Crippen molar-refractivity contribution in [2.45, 2.75) is 72.3 Å². The number of nitrogens with zero attached hydrogens (tertiary/aromatic N) is 1. The number of amides is 3. The quantitative estimate of drug-likeness (QED) is 0.644. The lowest BCUT2D eigenvalue weighted by atomic mass is 9.75. The van der Waals surface area contributed by atoms with Gasteiger partial charge in [0, 0.05) is 5.56 Å². The number of ketones is 1. The molecule has 0 bridgehead atoms. The van der Waals surface area contributed by atoms with E-state index in [1.54, 1.807) is 0 Å². The zero-order valence-electron chi connectivity index (χ0n) is 17.1. The van der Waals surface area contributed by atoms with Gasteiger partial charge in [0.1, 0.15) is 5.54 Å². The van der Waals surface area contributed by atoms with Gasteiger partial charge in [0.25, 0.3) is 5.91 Å². The third kappa shape index (κ3) is 3.28. The highest BCUT2D eigenvalue weighted by Crippen LogP contribution is 2.37. The summed E-state index contributed by atoms with van der Waals surface area (Å²) >= 11 is 0. The Balaban J connectivity index is 1.79.